The van der Waals surface area contributed by atoms with Crippen molar-refractivity contribution >= 4 is 21.5 Å². The quantitative estimate of drug-likeness (QED) is 0.416. The normalized spacial score (nSPS) is 7.00. The second-order valence-corrected chi connectivity index (χ2v) is 4.47. The first-order valence-corrected chi connectivity index (χ1v) is 6.93. The summed E-state index contributed by atoms with van der Waals surface area (Å²) < 4.78 is 38.7. The minimum absolute atomic E-state index is 1.23. The molecule has 0 bridgehead atoms. The summed E-state index contributed by atoms with van der Waals surface area (Å²) in [6.45, 7) is 22.5. The van der Waals surface area contributed by atoms with E-state index in [-0.39, 0.29) is 0 Å². The van der Waals surface area contributed by atoms with Gasteiger partial charge in [0.25, 0.3) is 0 Å². The van der Waals surface area contributed by atoms with Crippen LogP contribution < -0.4 is 0 Å². The van der Waals surface area contributed by atoms with Crippen LogP contribution in [0.25, 0.3) is 21.5 Å². The molecule has 3 aromatic rings. The van der Waals surface area contributed by atoms with Crippen LogP contribution in [0.5, 0.6) is 0 Å². The van der Waals surface area contributed by atoms with Crippen molar-refractivity contribution in [1.29, 1.82) is 0 Å². The summed E-state index contributed by atoms with van der Waals surface area (Å²) in [5.74, 6) is 0. The van der Waals surface area contributed by atoms with Crippen molar-refractivity contribution in [2.75, 3.05) is 0 Å². The first-order chi connectivity index (χ1) is 12.9. The van der Waals surface area contributed by atoms with Gasteiger partial charge in [-0.25, -0.2) is 0 Å². The Bertz CT molecular complexity index is 856. The summed E-state index contributed by atoms with van der Waals surface area (Å²) in [6.07, 6.45) is 0. The van der Waals surface area contributed by atoms with E-state index in [4.69, 9.17) is 23.3 Å². The zero-order valence-corrected chi connectivity index (χ0v) is 14.5. The molecule has 0 unspecified atom stereocenters. The van der Waals surface area contributed by atoms with Crippen LogP contribution in [0.3, 0.4) is 0 Å². The van der Waals surface area contributed by atoms with Crippen molar-refractivity contribution in [3.05, 3.63) is 97.9 Å². The van der Waals surface area contributed by atoms with Crippen molar-refractivity contribution in [1.82, 2.24) is 0 Å². The topological polar surface area (TPSA) is 99.5 Å². The van der Waals surface area contributed by atoms with Gasteiger partial charge in [0, 0.05) is 0 Å². The van der Waals surface area contributed by atoms with Crippen molar-refractivity contribution in [2.24, 2.45) is 0 Å². The van der Waals surface area contributed by atoms with Crippen LogP contribution >= 0.6 is 0 Å². The number of benzene rings is 2. The van der Waals surface area contributed by atoms with E-state index in [1.165, 1.54) is 25.6 Å². The molecule has 0 atom stereocenters. The number of rotatable bonds is 0. The summed E-state index contributed by atoms with van der Waals surface area (Å²) in [7, 11) is 0. The Hall–Kier alpha value is -2.72. The van der Waals surface area contributed by atoms with E-state index in [0.29, 0.717) is 0 Å². The van der Waals surface area contributed by atoms with Gasteiger partial charge in [0.05, 0.1) is 0 Å². The summed E-state index contributed by atoms with van der Waals surface area (Å²) >= 11 is 3.21. The van der Waals surface area contributed by atoms with E-state index in [1.807, 2.05) is 0 Å². The van der Waals surface area contributed by atoms with Gasteiger partial charge in [-0.2, -0.15) is 0 Å². The Balaban J connectivity index is -0.000000462. The van der Waals surface area contributed by atoms with Crippen molar-refractivity contribution < 1.29 is 39.1 Å². The fourth-order valence-electron chi connectivity index (χ4n) is 2.02. The van der Waals surface area contributed by atoms with Gasteiger partial charge in [-0.1, -0.05) is 0 Å². The molecule has 0 aliphatic rings. The second kappa shape index (κ2) is 20.3. The van der Waals surface area contributed by atoms with Crippen LogP contribution in [0.15, 0.2) is 60.7 Å². The Morgan fingerprint density at radius 2 is 0.731 bits per heavy atom. The molecule has 0 aliphatic carbocycles. The van der Waals surface area contributed by atoms with Crippen molar-refractivity contribution in [3.63, 3.8) is 0 Å². The summed E-state index contributed by atoms with van der Waals surface area (Å²) in [6, 6.07) is 21.3. The molecular weight excluding hydrogens is 372 g/mol. The van der Waals surface area contributed by atoms with Gasteiger partial charge in [0.15, 0.2) is 0 Å². The SMILES string of the molecule is [C-]#[O+].[C-]#[O+].[C-]#[O+].[C-]#[O+].[C-]#[O+].[Cr]=[c]1c2ccccc2ccc2ccccc12. The van der Waals surface area contributed by atoms with Crippen LogP contribution in [-0.2, 0) is 39.1 Å². The Morgan fingerprint density at radius 1 is 0.462 bits per heavy atom. The van der Waals surface area contributed by atoms with Crippen LogP contribution in [0.4, 0.5) is 0 Å². The van der Waals surface area contributed by atoms with Crippen LogP contribution in [0.1, 0.15) is 0 Å². The Labute approximate surface area is 158 Å². The minimum atomic E-state index is 1.23. The average Bonchev–Trinajstić information content (AvgIpc) is 2.93. The molecule has 3 rings (SSSR count). The van der Waals surface area contributed by atoms with E-state index < -0.39 is 0 Å². The molecule has 126 valence electrons. The fourth-order valence-corrected chi connectivity index (χ4v) is 2.60. The fraction of sp³-hybridized carbons (Fsp3) is 0. The Morgan fingerprint density at radius 3 is 1.04 bits per heavy atom. The molecule has 6 heteroatoms. The molecule has 0 radical (unpaired) electrons. The molecule has 0 saturated carbocycles. The predicted octanol–water partition coefficient (Wildman–Crippen LogP) is 3.88. The van der Waals surface area contributed by atoms with Gasteiger partial charge in [-0.15, -0.1) is 0 Å². The van der Waals surface area contributed by atoms with E-state index in [2.05, 4.69) is 110 Å². The zero-order valence-electron chi connectivity index (χ0n) is 13.2. The van der Waals surface area contributed by atoms with Gasteiger partial charge in [-0.05, 0) is 0 Å². The molecule has 0 saturated heterocycles. The molecule has 0 aromatic heterocycles. The maximum atomic E-state index is 7.50. The predicted molar refractivity (Wildman–Crippen MR) is 84.3 cm³/mol. The third-order valence-corrected chi connectivity index (χ3v) is 3.54. The zero-order chi connectivity index (χ0) is 21.0. The summed E-state index contributed by atoms with van der Waals surface area (Å²) in [5.41, 5.74) is 0. The van der Waals surface area contributed by atoms with E-state index in [1.54, 1.807) is 0 Å². The van der Waals surface area contributed by atoms with E-state index in [9.17, 15) is 0 Å². The second-order valence-electron chi connectivity index (χ2n) is 3.84. The van der Waals surface area contributed by atoms with Crippen LogP contribution in [0.2, 0.25) is 0 Å². The molecule has 0 amide bonds. The van der Waals surface area contributed by atoms with Gasteiger partial charge in [-0.3, -0.25) is 0 Å². The first kappa shape index (κ1) is 28.1. The molecule has 0 spiro atoms. The van der Waals surface area contributed by atoms with Gasteiger partial charge < -0.3 is 0 Å². The van der Waals surface area contributed by atoms with Gasteiger partial charge >= 0.3 is 159 Å². The average molecular weight is 382 g/mol. The Kier molecular flexibility index (Phi) is 22.0. The maximum absolute atomic E-state index is 7.50. The molecule has 0 aliphatic heterocycles. The van der Waals surface area contributed by atoms with E-state index in [0.717, 1.165) is 0 Å². The number of fused-ring (bicyclic) bond motifs is 2. The van der Waals surface area contributed by atoms with Crippen molar-refractivity contribution in [3.8, 4) is 0 Å². The molecule has 0 N–H and O–H groups in total. The molecular formula is C20H10CrO5. The van der Waals surface area contributed by atoms with Crippen LogP contribution in [-0.4, -0.2) is 0 Å². The van der Waals surface area contributed by atoms with Crippen molar-refractivity contribution in [2.45, 2.75) is 0 Å². The number of hydrogen-bond donors (Lipinski definition) is 0. The molecule has 0 heterocycles. The summed E-state index contributed by atoms with van der Waals surface area (Å²) in [5, 5.41) is 5.10. The van der Waals surface area contributed by atoms with Gasteiger partial charge in [0.2, 0.25) is 0 Å². The number of hydrogen-bond acceptors (Lipinski definition) is 0. The van der Waals surface area contributed by atoms with Crippen LogP contribution in [0, 0.1) is 37.3 Å². The molecule has 0 fully saturated rings. The summed E-state index contributed by atoms with van der Waals surface area (Å²) in [4.78, 5) is 0. The molecule has 5 nitrogen and oxygen atoms in total. The molecule has 26 heavy (non-hydrogen) atoms. The van der Waals surface area contributed by atoms with Gasteiger partial charge in [0.1, 0.15) is 0 Å². The standard InChI is InChI=1S/C15H10.5CO.Cr/c1-3-7-14-11-15-8-4-2-6-13(15)10-9-12(14)5-1;5*1-2;/h1-10H;;;;;;. The third kappa shape index (κ3) is 8.40. The monoisotopic (exact) mass is 382 g/mol. The first-order valence-electron chi connectivity index (χ1n) is 6.29. The molecule has 3 aromatic carbocycles. The third-order valence-electron chi connectivity index (χ3n) is 2.85. The van der Waals surface area contributed by atoms with E-state index >= 15 is 0 Å².